The molecule has 154 valence electrons. The zero-order valence-corrected chi connectivity index (χ0v) is 18.1. The third kappa shape index (κ3) is 16.7. The molecule has 0 radical (unpaired) electrons. The molecule has 0 aliphatic heterocycles. The second-order valence-electron chi connectivity index (χ2n) is 8.20. The van der Waals surface area contributed by atoms with Gasteiger partial charge < -0.3 is 4.74 Å². The average molecular weight is 367 g/mol. The number of hydrogen-bond donors (Lipinski definition) is 0. The number of ether oxygens (including phenoxy) is 1. The maximum Gasteiger partial charge on any atom is 0.330 e. The minimum atomic E-state index is -0.298. The fourth-order valence-corrected chi connectivity index (χ4v) is 3.61. The van der Waals surface area contributed by atoms with Crippen LogP contribution in [0.3, 0.4) is 0 Å². The summed E-state index contributed by atoms with van der Waals surface area (Å²) >= 11 is 0. The van der Waals surface area contributed by atoms with Crippen LogP contribution in [0.2, 0.25) is 0 Å². The Labute approximate surface area is 164 Å². The highest BCUT2D eigenvalue weighted by atomic mass is 16.5. The molecule has 2 nitrogen and oxygen atoms in total. The molecule has 1 unspecified atom stereocenters. The molecular formula is C24H46O2. The number of carbonyl (C=O) groups is 1. The predicted molar refractivity (Wildman–Crippen MR) is 114 cm³/mol. The van der Waals surface area contributed by atoms with E-state index in [4.69, 9.17) is 4.74 Å². The van der Waals surface area contributed by atoms with Crippen LogP contribution in [0.5, 0.6) is 0 Å². The van der Waals surface area contributed by atoms with Crippen LogP contribution in [0.25, 0.3) is 0 Å². The molecule has 0 bridgehead atoms. The van der Waals surface area contributed by atoms with Gasteiger partial charge in [-0.25, -0.2) is 4.79 Å². The first-order chi connectivity index (χ1) is 12.6. The van der Waals surface area contributed by atoms with Gasteiger partial charge in [-0.1, -0.05) is 117 Å². The van der Waals surface area contributed by atoms with Crippen molar-refractivity contribution in [2.45, 2.75) is 117 Å². The Bertz CT molecular complexity index is 322. The van der Waals surface area contributed by atoms with E-state index in [0.29, 0.717) is 18.4 Å². The summed E-state index contributed by atoms with van der Waals surface area (Å²) in [5.41, 5.74) is 0. The molecule has 0 saturated carbocycles. The lowest BCUT2D eigenvalue weighted by molar-refractivity contribution is -0.138. The summed E-state index contributed by atoms with van der Waals surface area (Å²) in [6.45, 7) is 10.8. The van der Waals surface area contributed by atoms with Crippen molar-refractivity contribution in [3.8, 4) is 0 Å². The molecule has 0 saturated heterocycles. The fourth-order valence-electron chi connectivity index (χ4n) is 3.61. The summed E-state index contributed by atoms with van der Waals surface area (Å²) < 4.78 is 5.13. The molecular weight excluding hydrogens is 320 g/mol. The number of unbranched alkanes of at least 4 members (excludes halogenated alkanes) is 12. The molecule has 0 rings (SSSR count). The van der Waals surface area contributed by atoms with Gasteiger partial charge in [0.05, 0.1) is 6.61 Å². The van der Waals surface area contributed by atoms with E-state index in [1.54, 1.807) is 0 Å². The molecule has 0 spiro atoms. The van der Waals surface area contributed by atoms with Gasteiger partial charge >= 0.3 is 5.97 Å². The van der Waals surface area contributed by atoms with Gasteiger partial charge in [-0.2, -0.15) is 0 Å². The molecule has 0 fully saturated rings. The number of rotatable bonds is 19. The summed E-state index contributed by atoms with van der Waals surface area (Å²) in [4.78, 5) is 11.1. The van der Waals surface area contributed by atoms with Crippen LogP contribution in [0.15, 0.2) is 12.7 Å². The second kappa shape index (κ2) is 19.0. The third-order valence-electron chi connectivity index (χ3n) is 5.52. The predicted octanol–water partition coefficient (Wildman–Crippen LogP) is 7.86. The van der Waals surface area contributed by atoms with E-state index < -0.39 is 0 Å². The van der Waals surface area contributed by atoms with E-state index in [1.807, 2.05) is 0 Å². The molecule has 0 heterocycles. The Morgan fingerprint density at radius 2 is 1.27 bits per heavy atom. The summed E-state index contributed by atoms with van der Waals surface area (Å²) in [5.74, 6) is 1.03. The van der Waals surface area contributed by atoms with Gasteiger partial charge in [0.2, 0.25) is 0 Å². The Kier molecular flexibility index (Phi) is 18.4. The average Bonchev–Trinajstić information content (AvgIpc) is 2.63. The molecule has 26 heavy (non-hydrogen) atoms. The minimum absolute atomic E-state index is 0.298. The van der Waals surface area contributed by atoms with E-state index in [0.717, 1.165) is 6.42 Å². The molecule has 0 aliphatic rings. The molecule has 0 N–H and O–H groups in total. The van der Waals surface area contributed by atoms with Crippen molar-refractivity contribution in [2.75, 3.05) is 6.61 Å². The lowest BCUT2D eigenvalue weighted by Gasteiger charge is -2.20. The van der Waals surface area contributed by atoms with Gasteiger partial charge in [0, 0.05) is 6.08 Å². The standard InChI is InChI=1S/C24H46O2/c1-5-7-8-9-10-11-12-13-14-15-16-17-18-19-23(22(3)4)20-21-26-24(25)6-2/h6,22-23H,2,5,7-21H2,1,3-4H3. The third-order valence-corrected chi connectivity index (χ3v) is 5.52. The molecule has 2 heteroatoms. The van der Waals surface area contributed by atoms with Crippen molar-refractivity contribution in [3.63, 3.8) is 0 Å². The summed E-state index contributed by atoms with van der Waals surface area (Å²) in [6.07, 6.45) is 21.7. The van der Waals surface area contributed by atoms with Gasteiger partial charge in [-0.15, -0.1) is 0 Å². The van der Waals surface area contributed by atoms with Gasteiger partial charge in [-0.05, 0) is 18.3 Å². The quantitative estimate of drug-likeness (QED) is 0.132. The monoisotopic (exact) mass is 366 g/mol. The summed E-state index contributed by atoms with van der Waals surface area (Å²) in [5, 5.41) is 0. The topological polar surface area (TPSA) is 26.3 Å². The molecule has 0 amide bonds. The van der Waals surface area contributed by atoms with Gasteiger partial charge in [0.25, 0.3) is 0 Å². The molecule has 1 atom stereocenters. The van der Waals surface area contributed by atoms with Gasteiger partial charge in [-0.3, -0.25) is 0 Å². The Morgan fingerprint density at radius 1 is 0.808 bits per heavy atom. The van der Waals surface area contributed by atoms with E-state index in [9.17, 15) is 4.79 Å². The number of carbonyl (C=O) groups excluding carboxylic acids is 1. The maximum atomic E-state index is 11.1. The fraction of sp³-hybridized carbons (Fsp3) is 0.875. The van der Waals surface area contributed by atoms with E-state index in [1.165, 1.54) is 96.0 Å². The van der Waals surface area contributed by atoms with Crippen LogP contribution in [-0.2, 0) is 9.53 Å². The largest absolute Gasteiger partial charge is 0.463 e. The van der Waals surface area contributed by atoms with Crippen LogP contribution in [-0.4, -0.2) is 12.6 Å². The minimum Gasteiger partial charge on any atom is -0.463 e. The lowest BCUT2D eigenvalue weighted by atomic mass is 9.87. The number of hydrogen-bond acceptors (Lipinski definition) is 2. The van der Waals surface area contributed by atoms with E-state index in [-0.39, 0.29) is 5.97 Å². The second-order valence-corrected chi connectivity index (χ2v) is 8.20. The van der Waals surface area contributed by atoms with Crippen molar-refractivity contribution >= 4 is 5.97 Å². The van der Waals surface area contributed by atoms with Crippen LogP contribution in [0, 0.1) is 11.8 Å². The highest BCUT2D eigenvalue weighted by molar-refractivity contribution is 5.81. The molecule has 0 aromatic carbocycles. The van der Waals surface area contributed by atoms with Crippen molar-refractivity contribution in [1.82, 2.24) is 0 Å². The van der Waals surface area contributed by atoms with Crippen LogP contribution >= 0.6 is 0 Å². The first kappa shape index (κ1) is 25.2. The molecule has 0 aliphatic carbocycles. The van der Waals surface area contributed by atoms with Crippen LogP contribution in [0.1, 0.15) is 117 Å². The Morgan fingerprint density at radius 3 is 1.69 bits per heavy atom. The zero-order valence-electron chi connectivity index (χ0n) is 18.1. The number of esters is 1. The van der Waals surface area contributed by atoms with Crippen molar-refractivity contribution < 1.29 is 9.53 Å². The Hall–Kier alpha value is -0.790. The SMILES string of the molecule is C=CC(=O)OCCC(CCCCCCCCCCCCCCC)C(C)C. The first-order valence-electron chi connectivity index (χ1n) is 11.4. The first-order valence-corrected chi connectivity index (χ1v) is 11.4. The van der Waals surface area contributed by atoms with Gasteiger partial charge in [0.1, 0.15) is 0 Å². The van der Waals surface area contributed by atoms with Crippen LogP contribution < -0.4 is 0 Å². The lowest BCUT2D eigenvalue weighted by Crippen LogP contribution is -2.13. The Balaban J connectivity index is 3.44. The van der Waals surface area contributed by atoms with Crippen molar-refractivity contribution in [2.24, 2.45) is 11.8 Å². The summed E-state index contributed by atoms with van der Waals surface area (Å²) in [6, 6.07) is 0. The normalized spacial score (nSPS) is 12.3. The zero-order chi connectivity index (χ0) is 19.5. The highest BCUT2D eigenvalue weighted by Gasteiger charge is 2.13. The highest BCUT2D eigenvalue weighted by Crippen LogP contribution is 2.23. The van der Waals surface area contributed by atoms with E-state index in [2.05, 4.69) is 27.4 Å². The molecule has 0 aromatic heterocycles. The maximum absolute atomic E-state index is 11.1. The van der Waals surface area contributed by atoms with E-state index >= 15 is 0 Å². The smallest absolute Gasteiger partial charge is 0.330 e. The summed E-state index contributed by atoms with van der Waals surface area (Å²) in [7, 11) is 0. The van der Waals surface area contributed by atoms with Crippen molar-refractivity contribution in [3.05, 3.63) is 12.7 Å². The van der Waals surface area contributed by atoms with Crippen LogP contribution in [0.4, 0.5) is 0 Å². The molecule has 0 aromatic rings. The van der Waals surface area contributed by atoms with Crippen molar-refractivity contribution in [1.29, 1.82) is 0 Å². The van der Waals surface area contributed by atoms with Gasteiger partial charge in [0.15, 0.2) is 0 Å².